The molecule has 1 aromatic heterocycles. The molecule has 1 aliphatic heterocycles. The first kappa shape index (κ1) is 16.9. The molecule has 0 spiro atoms. The van der Waals surface area contributed by atoms with Crippen molar-refractivity contribution in [2.45, 2.75) is 26.8 Å². The summed E-state index contributed by atoms with van der Waals surface area (Å²) in [5.41, 5.74) is -1.27. The number of hydrogen-bond donors (Lipinski definition) is 2. The molecule has 0 saturated carbocycles. The van der Waals surface area contributed by atoms with E-state index in [0.29, 0.717) is 29.4 Å². The number of hydrogen-bond acceptors (Lipinski definition) is 4. The maximum Gasteiger partial charge on any atom is 0.328 e. The van der Waals surface area contributed by atoms with Crippen molar-refractivity contribution >= 4 is 22.8 Å². The number of benzene rings is 1. The van der Waals surface area contributed by atoms with Crippen LogP contribution in [0.1, 0.15) is 30.6 Å². The Kier molecular flexibility index (Phi) is 3.98. The van der Waals surface area contributed by atoms with Crippen molar-refractivity contribution in [1.82, 2.24) is 14.5 Å². The van der Waals surface area contributed by atoms with Gasteiger partial charge in [0.15, 0.2) is 0 Å². The first-order valence-corrected chi connectivity index (χ1v) is 8.06. The Morgan fingerprint density at radius 1 is 1.32 bits per heavy atom. The number of aromatic amines is 1. The van der Waals surface area contributed by atoms with Gasteiger partial charge in [0.2, 0.25) is 0 Å². The lowest BCUT2D eigenvalue weighted by atomic mass is 9.90. The van der Waals surface area contributed by atoms with Crippen LogP contribution in [-0.2, 0) is 11.3 Å². The molecule has 1 aliphatic rings. The summed E-state index contributed by atoms with van der Waals surface area (Å²) in [7, 11) is 0. The molecule has 132 valence electrons. The smallest absolute Gasteiger partial charge is 0.328 e. The number of fused-ring (bicyclic) bond motifs is 1. The lowest BCUT2D eigenvalue weighted by Gasteiger charge is -2.20. The Hall–Kier alpha value is -2.90. The van der Waals surface area contributed by atoms with Gasteiger partial charge in [-0.1, -0.05) is 0 Å². The second kappa shape index (κ2) is 5.87. The number of amides is 1. The highest BCUT2D eigenvalue weighted by Gasteiger charge is 2.42. The molecule has 3 rings (SSSR count). The van der Waals surface area contributed by atoms with Gasteiger partial charge in [0.25, 0.3) is 11.5 Å². The van der Waals surface area contributed by atoms with Gasteiger partial charge in [0, 0.05) is 25.2 Å². The topological polar surface area (TPSA) is 112 Å². The first-order chi connectivity index (χ1) is 11.8. The van der Waals surface area contributed by atoms with E-state index in [-0.39, 0.29) is 19.0 Å². The zero-order chi connectivity index (χ0) is 18.4. The molecule has 8 heteroatoms. The summed E-state index contributed by atoms with van der Waals surface area (Å²) >= 11 is 0. The monoisotopic (exact) mass is 345 g/mol. The Bertz CT molecular complexity index is 990. The van der Waals surface area contributed by atoms with E-state index in [1.807, 2.05) is 0 Å². The minimum atomic E-state index is -0.949. The van der Waals surface area contributed by atoms with Crippen molar-refractivity contribution in [1.29, 1.82) is 0 Å². The maximum absolute atomic E-state index is 12.7. The number of H-pyrrole nitrogens is 1. The van der Waals surface area contributed by atoms with Crippen LogP contribution in [0.25, 0.3) is 10.9 Å². The number of nitrogens with one attached hydrogen (secondary N) is 1. The van der Waals surface area contributed by atoms with E-state index in [2.05, 4.69) is 4.98 Å². The normalized spacial score (nSPS) is 20.2. The molecule has 1 atom stereocenters. The summed E-state index contributed by atoms with van der Waals surface area (Å²) in [5.74, 6) is -1.24. The zero-order valence-corrected chi connectivity index (χ0v) is 14.0. The van der Waals surface area contributed by atoms with Crippen LogP contribution < -0.4 is 11.2 Å². The van der Waals surface area contributed by atoms with Crippen LogP contribution in [0.4, 0.5) is 0 Å². The zero-order valence-electron chi connectivity index (χ0n) is 14.0. The van der Waals surface area contributed by atoms with Gasteiger partial charge >= 0.3 is 11.7 Å². The molecular weight excluding hydrogens is 326 g/mol. The number of likely N-dealkylation sites (tertiary alicyclic amines) is 1. The molecule has 1 amide bonds. The number of aliphatic carboxylic acids is 1. The van der Waals surface area contributed by atoms with Gasteiger partial charge < -0.3 is 15.0 Å². The predicted octanol–water partition coefficient (Wildman–Crippen LogP) is 0.646. The maximum atomic E-state index is 12.7. The lowest BCUT2D eigenvalue weighted by molar-refractivity contribution is -0.147. The van der Waals surface area contributed by atoms with Crippen LogP contribution in [0.2, 0.25) is 0 Å². The van der Waals surface area contributed by atoms with E-state index in [4.69, 9.17) is 0 Å². The predicted molar refractivity (Wildman–Crippen MR) is 90.8 cm³/mol. The Morgan fingerprint density at radius 3 is 2.64 bits per heavy atom. The Labute approximate surface area is 142 Å². The molecule has 1 aromatic carbocycles. The number of carbonyl (C=O) groups is 2. The van der Waals surface area contributed by atoms with Crippen molar-refractivity contribution in [3.05, 3.63) is 44.6 Å². The molecule has 0 bridgehead atoms. The molecule has 1 fully saturated rings. The highest BCUT2D eigenvalue weighted by Crippen LogP contribution is 2.31. The van der Waals surface area contributed by atoms with Crippen LogP contribution in [0.15, 0.2) is 27.8 Å². The van der Waals surface area contributed by atoms with E-state index in [0.717, 1.165) is 4.57 Å². The molecule has 2 aromatic rings. The standard InChI is InChI=1S/C17H19N3O5/c1-3-20-14(22)11-5-4-10(8-12(11)18-16(20)25)13(21)19-7-6-17(2,9-19)15(23)24/h4-5,8H,3,6-7,9H2,1-2H3,(H,18,25)(H,23,24)/t17-/m1/s1. The third-order valence-corrected chi connectivity index (χ3v) is 4.82. The Balaban J connectivity index is 1.98. The van der Waals surface area contributed by atoms with E-state index >= 15 is 0 Å². The quantitative estimate of drug-likeness (QED) is 0.848. The van der Waals surface area contributed by atoms with Crippen molar-refractivity contribution in [2.75, 3.05) is 13.1 Å². The molecule has 1 saturated heterocycles. The highest BCUT2D eigenvalue weighted by molar-refractivity contribution is 5.98. The van der Waals surface area contributed by atoms with Crippen molar-refractivity contribution < 1.29 is 14.7 Å². The molecule has 0 unspecified atom stereocenters. The number of aromatic nitrogens is 2. The van der Waals surface area contributed by atoms with E-state index in [9.17, 15) is 24.3 Å². The summed E-state index contributed by atoms with van der Waals surface area (Å²) in [6.45, 7) is 4.06. The summed E-state index contributed by atoms with van der Waals surface area (Å²) in [5, 5.41) is 9.61. The average Bonchev–Trinajstić information content (AvgIpc) is 2.98. The van der Waals surface area contributed by atoms with Crippen molar-refractivity contribution in [2.24, 2.45) is 5.41 Å². The molecule has 2 N–H and O–H groups in total. The van der Waals surface area contributed by atoms with Crippen molar-refractivity contribution in [3.8, 4) is 0 Å². The highest BCUT2D eigenvalue weighted by atomic mass is 16.4. The fourth-order valence-corrected chi connectivity index (χ4v) is 3.17. The van der Waals surface area contributed by atoms with Gasteiger partial charge in [0.05, 0.1) is 16.3 Å². The SMILES string of the molecule is CCn1c(=O)[nH]c2cc(C(=O)N3CC[C@@](C)(C(=O)O)C3)ccc2c1=O. The second-order valence-electron chi connectivity index (χ2n) is 6.58. The molecule has 25 heavy (non-hydrogen) atoms. The molecule has 0 radical (unpaired) electrons. The minimum Gasteiger partial charge on any atom is -0.481 e. The lowest BCUT2D eigenvalue weighted by Crippen LogP contribution is -2.35. The number of nitrogens with zero attached hydrogens (tertiary/aromatic N) is 2. The van der Waals surface area contributed by atoms with E-state index < -0.39 is 22.6 Å². The number of carboxylic acids is 1. The fraction of sp³-hybridized carbons (Fsp3) is 0.412. The van der Waals surface area contributed by atoms with Crippen LogP contribution in [0.5, 0.6) is 0 Å². The number of carboxylic acid groups (broad SMARTS) is 1. The van der Waals surface area contributed by atoms with Crippen molar-refractivity contribution in [3.63, 3.8) is 0 Å². The van der Waals surface area contributed by atoms with E-state index in [1.54, 1.807) is 13.8 Å². The summed E-state index contributed by atoms with van der Waals surface area (Å²) in [6, 6.07) is 4.51. The third kappa shape index (κ3) is 2.73. The van der Waals surface area contributed by atoms with Gasteiger partial charge in [-0.25, -0.2) is 4.79 Å². The largest absolute Gasteiger partial charge is 0.481 e. The summed E-state index contributed by atoms with van der Waals surface area (Å²) < 4.78 is 1.09. The van der Waals surface area contributed by atoms with Gasteiger partial charge in [-0.3, -0.25) is 19.0 Å². The van der Waals surface area contributed by atoms with Gasteiger partial charge in [0.1, 0.15) is 0 Å². The van der Waals surface area contributed by atoms with Crippen LogP contribution in [-0.4, -0.2) is 44.5 Å². The van der Waals surface area contributed by atoms with Gasteiger partial charge in [-0.15, -0.1) is 0 Å². The van der Waals surface area contributed by atoms with Crippen LogP contribution in [0, 0.1) is 5.41 Å². The Morgan fingerprint density at radius 2 is 2.04 bits per heavy atom. The third-order valence-electron chi connectivity index (χ3n) is 4.82. The fourth-order valence-electron chi connectivity index (χ4n) is 3.17. The summed E-state index contributed by atoms with van der Waals surface area (Å²) in [6.07, 6.45) is 0.389. The number of rotatable bonds is 3. The number of carbonyl (C=O) groups excluding carboxylic acids is 1. The van der Waals surface area contributed by atoms with Crippen LogP contribution >= 0.6 is 0 Å². The second-order valence-corrected chi connectivity index (χ2v) is 6.58. The van der Waals surface area contributed by atoms with E-state index in [1.165, 1.54) is 23.1 Å². The van der Waals surface area contributed by atoms with Crippen LogP contribution in [0.3, 0.4) is 0 Å². The first-order valence-electron chi connectivity index (χ1n) is 8.06. The minimum absolute atomic E-state index is 0.132. The van der Waals surface area contributed by atoms with Gasteiger partial charge in [-0.2, -0.15) is 0 Å². The molecular formula is C17H19N3O5. The molecule has 0 aliphatic carbocycles. The average molecular weight is 345 g/mol. The molecule has 2 heterocycles. The van der Waals surface area contributed by atoms with Gasteiger partial charge in [-0.05, 0) is 38.5 Å². The molecule has 8 nitrogen and oxygen atoms in total. The summed E-state index contributed by atoms with van der Waals surface area (Å²) in [4.78, 5) is 52.3.